The Morgan fingerprint density at radius 2 is 2.31 bits per heavy atom. The van der Waals surface area contributed by atoms with Crippen LogP contribution >= 0.6 is 8.25 Å². The number of carbonyl (C=O) groups excluding carboxylic acids is 1. The highest BCUT2D eigenvalue weighted by molar-refractivity contribution is 7.31. The van der Waals surface area contributed by atoms with E-state index >= 15 is 0 Å². The summed E-state index contributed by atoms with van der Waals surface area (Å²) in [6.07, 6.45) is -1.39. The van der Waals surface area contributed by atoms with E-state index < -0.39 is 20.5 Å². The van der Waals surface area contributed by atoms with Crippen molar-refractivity contribution in [2.24, 2.45) is 0 Å². The molecule has 0 aliphatic rings. The molecule has 0 N–H and O–H groups in total. The van der Waals surface area contributed by atoms with Crippen molar-refractivity contribution in [3.63, 3.8) is 0 Å². The van der Waals surface area contributed by atoms with Gasteiger partial charge in [-0.1, -0.05) is 12.8 Å². The molecule has 5 nitrogen and oxygen atoms in total. The van der Waals surface area contributed by atoms with Gasteiger partial charge < -0.3 is 9.63 Å². The molecule has 0 amide bonds. The van der Waals surface area contributed by atoms with Crippen LogP contribution in [0.25, 0.3) is 0 Å². The molecule has 0 aromatic rings. The molecule has 72 valence electrons. The number of carbonyl (C=O) groups is 1. The predicted octanol–water partition coefficient (Wildman–Crippen LogP) is 0.959. The van der Waals surface area contributed by atoms with E-state index in [2.05, 4.69) is 21.1 Å². The molecule has 2 unspecified atom stereocenters. The molecule has 0 aliphatic carbocycles. The molecule has 0 bridgehead atoms. The zero-order chi connectivity index (χ0) is 10.3. The maximum atomic E-state index is 10.6. The number of rotatable bonds is 3. The third-order valence-electron chi connectivity index (χ3n) is 1.06. The van der Waals surface area contributed by atoms with Crippen LogP contribution < -0.4 is 4.89 Å². The van der Waals surface area contributed by atoms with E-state index in [0.717, 1.165) is 0 Å². The van der Waals surface area contributed by atoms with Gasteiger partial charge in [-0.2, -0.15) is 9.32 Å². The Hall–Kier alpha value is -1.11. The highest BCUT2D eigenvalue weighted by atomic mass is 31.1. The van der Waals surface area contributed by atoms with Crippen LogP contribution in [0.15, 0.2) is 0 Å². The molecular formula is C7H9O5P. The number of hydrogen-bond donors (Lipinski definition) is 0. The summed E-state index contributed by atoms with van der Waals surface area (Å²) in [5, 5.41) is 0. The van der Waals surface area contributed by atoms with Crippen molar-refractivity contribution in [1.82, 2.24) is 0 Å². The lowest BCUT2D eigenvalue weighted by molar-refractivity contribution is -0.182. The second kappa shape index (κ2) is 6.41. The highest BCUT2D eigenvalue weighted by Crippen LogP contribution is 2.11. The highest BCUT2D eigenvalue weighted by Gasteiger charge is 2.17. The van der Waals surface area contributed by atoms with Gasteiger partial charge in [0.1, 0.15) is 0 Å². The number of hydrogen-bond acceptors (Lipinski definition) is 5. The van der Waals surface area contributed by atoms with Crippen LogP contribution in [0, 0.1) is 11.8 Å². The molecule has 0 rings (SSSR count). The van der Waals surface area contributed by atoms with Crippen molar-refractivity contribution in [3.8, 4) is 11.8 Å². The normalized spacial score (nSPS) is 12.1. The summed E-state index contributed by atoms with van der Waals surface area (Å²) in [4.78, 5) is 20.5. The van der Waals surface area contributed by atoms with E-state index in [1.165, 1.54) is 0 Å². The Labute approximate surface area is 77.0 Å². The van der Waals surface area contributed by atoms with Gasteiger partial charge >= 0.3 is 14.4 Å². The van der Waals surface area contributed by atoms with Gasteiger partial charge in [0, 0.05) is 0 Å². The van der Waals surface area contributed by atoms with Crippen LogP contribution in [0.4, 0.5) is 4.79 Å². The first-order valence-electron chi connectivity index (χ1n) is 3.55. The van der Waals surface area contributed by atoms with Gasteiger partial charge in [-0.15, -0.1) is 5.92 Å². The van der Waals surface area contributed by atoms with Crippen LogP contribution in [0.1, 0.15) is 20.3 Å². The van der Waals surface area contributed by atoms with Gasteiger partial charge in [0.15, 0.2) is 6.10 Å². The molecule has 0 aliphatic heterocycles. The Bertz CT molecular complexity index is 251. The Balaban J connectivity index is 3.99. The summed E-state index contributed by atoms with van der Waals surface area (Å²) in [7, 11) is -3.21. The maximum absolute atomic E-state index is 10.6. The summed E-state index contributed by atoms with van der Waals surface area (Å²) in [5.41, 5.74) is 0. The van der Waals surface area contributed by atoms with Crippen molar-refractivity contribution < 1.29 is 23.5 Å². The van der Waals surface area contributed by atoms with E-state index in [0.29, 0.717) is 6.42 Å². The third kappa shape index (κ3) is 6.09. The quantitative estimate of drug-likeness (QED) is 0.388. The van der Waals surface area contributed by atoms with Crippen LogP contribution in [0.5, 0.6) is 0 Å². The fourth-order valence-electron chi connectivity index (χ4n) is 0.574. The SMILES string of the molecule is CC#CC(CC)OC(=O)O[P+](=O)[O-]. The molecule has 0 fully saturated rings. The zero-order valence-electron chi connectivity index (χ0n) is 7.27. The van der Waals surface area contributed by atoms with Gasteiger partial charge in [-0.25, -0.2) is 0 Å². The maximum Gasteiger partial charge on any atom is 0.557 e. The monoisotopic (exact) mass is 204 g/mol. The smallest absolute Gasteiger partial charge is 0.557 e. The fraction of sp³-hybridized carbons (Fsp3) is 0.571. The lowest BCUT2D eigenvalue weighted by atomic mass is 10.3. The molecule has 0 aromatic carbocycles. The first-order chi connectivity index (χ1) is 6.10. The molecule has 0 heterocycles. The summed E-state index contributed by atoms with van der Waals surface area (Å²) in [6, 6.07) is 0. The molecule has 0 aromatic heterocycles. The summed E-state index contributed by atoms with van der Waals surface area (Å²) in [5.74, 6) is 5.11. The molecular weight excluding hydrogens is 195 g/mol. The Morgan fingerprint density at radius 3 is 2.69 bits per heavy atom. The standard InChI is InChI=1S/C7H9O5P/c1-3-5-6(4-2)11-7(8)12-13(9)10/h6H,4H2,1-2H3. The van der Waals surface area contributed by atoms with Gasteiger partial charge in [-0.05, 0) is 17.9 Å². The summed E-state index contributed by atoms with van der Waals surface area (Å²) in [6.45, 7) is 3.34. The van der Waals surface area contributed by atoms with Crippen molar-refractivity contribution in [1.29, 1.82) is 0 Å². The average molecular weight is 204 g/mol. The molecule has 6 heteroatoms. The summed E-state index contributed by atoms with van der Waals surface area (Å²) < 4.78 is 18.2. The molecule has 2 atom stereocenters. The van der Waals surface area contributed by atoms with E-state index in [9.17, 15) is 14.3 Å². The lowest BCUT2D eigenvalue weighted by Gasteiger charge is -2.05. The third-order valence-corrected chi connectivity index (χ3v) is 1.36. The minimum Gasteiger partial charge on any atom is -0.558 e. The first-order valence-corrected chi connectivity index (χ1v) is 4.65. The van der Waals surface area contributed by atoms with Gasteiger partial charge in [0.2, 0.25) is 0 Å². The summed E-state index contributed by atoms with van der Waals surface area (Å²) >= 11 is 0. The van der Waals surface area contributed by atoms with Crippen molar-refractivity contribution >= 4 is 14.4 Å². The fourth-order valence-corrected chi connectivity index (χ4v) is 0.739. The topological polar surface area (TPSA) is 75.7 Å². The second-order valence-electron chi connectivity index (χ2n) is 1.97. The lowest BCUT2D eigenvalue weighted by Crippen LogP contribution is -2.15. The Morgan fingerprint density at radius 1 is 1.69 bits per heavy atom. The van der Waals surface area contributed by atoms with Gasteiger partial charge in [-0.3, -0.25) is 0 Å². The first kappa shape index (κ1) is 11.9. The Kier molecular flexibility index (Phi) is 5.86. The molecule has 0 saturated heterocycles. The van der Waals surface area contributed by atoms with Crippen LogP contribution in [0.3, 0.4) is 0 Å². The van der Waals surface area contributed by atoms with Crippen molar-refractivity contribution in [2.75, 3.05) is 0 Å². The van der Waals surface area contributed by atoms with Gasteiger partial charge in [0.05, 0.1) is 0 Å². The largest absolute Gasteiger partial charge is 0.558 e. The average Bonchev–Trinajstić information content (AvgIpc) is 2.02. The van der Waals surface area contributed by atoms with Crippen LogP contribution in [0.2, 0.25) is 0 Å². The zero-order valence-corrected chi connectivity index (χ0v) is 8.17. The molecule has 0 radical (unpaired) electrons. The minimum atomic E-state index is -3.21. The van der Waals surface area contributed by atoms with Crippen LogP contribution in [-0.4, -0.2) is 12.3 Å². The molecule has 13 heavy (non-hydrogen) atoms. The minimum absolute atomic E-state index is 0.478. The van der Waals surface area contributed by atoms with Gasteiger partial charge in [0.25, 0.3) is 0 Å². The van der Waals surface area contributed by atoms with E-state index in [1.54, 1.807) is 13.8 Å². The predicted molar refractivity (Wildman–Crippen MR) is 42.7 cm³/mol. The number of ether oxygens (including phenoxy) is 1. The van der Waals surface area contributed by atoms with Crippen molar-refractivity contribution in [2.45, 2.75) is 26.4 Å². The second-order valence-corrected chi connectivity index (χ2v) is 2.60. The van der Waals surface area contributed by atoms with E-state index in [1.807, 2.05) is 0 Å². The van der Waals surface area contributed by atoms with Crippen molar-refractivity contribution in [3.05, 3.63) is 0 Å². The molecule has 0 saturated carbocycles. The van der Waals surface area contributed by atoms with E-state index in [4.69, 9.17) is 0 Å². The molecule has 0 spiro atoms. The van der Waals surface area contributed by atoms with E-state index in [-0.39, 0.29) is 0 Å². The van der Waals surface area contributed by atoms with Crippen LogP contribution in [-0.2, 0) is 13.8 Å².